The lowest BCUT2D eigenvalue weighted by Gasteiger charge is -2.36. The quantitative estimate of drug-likeness (QED) is 0.274. The van der Waals surface area contributed by atoms with Crippen LogP contribution in [0.15, 0.2) is 36.2 Å². The van der Waals surface area contributed by atoms with Crippen molar-refractivity contribution in [3.05, 3.63) is 46.8 Å². The van der Waals surface area contributed by atoms with Gasteiger partial charge in [0, 0.05) is 16.7 Å². The molecule has 0 atom stereocenters. The molecule has 1 rings (SSSR count). The van der Waals surface area contributed by atoms with Crippen molar-refractivity contribution in [1.29, 1.82) is 0 Å². The monoisotopic (exact) mass is 452 g/mol. The van der Waals surface area contributed by atoms with Crippen LogP contribution in [0.25, 0.3) is 0 Å². The lowest BCUT2D eigenvalue weighted by atomic mass is 9.96. The minimum atomic E-state index is -7.77. The van der Waals surface area contributed by atoms with E-state index in [1.165, 1.54) is 0 Å². The molecule has 1 aromatic rings. The Kier molecular flexibility index (Phi) is 6.16. The third-order valence-electron chi connectivity index (χ3n) is 3.23. The van der Waals surface area contributed by atoms with Gasteiger partial charge in [0.05, 0.1) is 0 Å². The Balaban J connectivity index is 3.38. The van der Waals surface area contributed by atoms with Gasteiger partial charge in [0.1, 0.15) is 0 Å². The second kappa shape index (κ2) is 7.16. The van der Waals surface area contributed by atoms with E-state index < -0.39 is 53.1 Å². The van der Waals surface area contributed by atoms with Crippen LogP contribution in [0.2, 0.25) is 5.02 Å². The van der Waals surface area contributed by atoms with E-state index in [0.29, 0.717) is 0 Å². The molecular formula is C14H5ClF12O. The standard InChI is InChI=1S/C14H5ClF12O/c15-7-3-1-6(2-4-7)8(28)5-9(16)10(17,18)11(19,20)12(21,22)13(23,24)14(25,26)27/h1-5H/b9-5-. The van der Waals surface area contributed by atoms with E-state index in [-0.39, 0.29) is 5.02 Å². The summed E-state index contributed by atoms with van der Waals surface area (Å²) < 4.78 is 154. The van der Waals surface area contributed by atoms with Crippen molar-refractivity contribution >= 4 is 17.4 Å². The molecular weight excluding hydrogens is 448 g/mol. The van der Waals surface area contributed by atoms with Gasteiger partial charge < -0.3 is 0 Å². The van der Waals surface area contributed by atoms with Crippen LogP contribution < -0.4 is 0 Å². The highest BCUT2D eigenvalue weighted by Crippen LogP contribution is 2.58. The third kappa shape index (κ3) is 3.80. The first-order valence-corrected chi connectivity index (χ1v) is 6.94. The van der Waals surface area contributed by atoms with E-state index in [4.69, 9.17) is 11.6 Å². The number of hydrogen-bond donors (Lipinski definition) is 0. The third-order valence-corrected chi connectivity index (χ3v) is 3.48. The zero-order valence-electron chi connectivity index (χ0n) is 12.7. The fourth-order valence-corrected chi connectivity index (χ4v) is 1.75. The summed E-state index contributed by atoms with van der Waals surface area (Å²) in [6.07, 6.45) is -8.31. The van der Waals surface area contributed by atoms with Gasteiger partial charge in [-0.1, -0.05) is 11.6 Å². The molecule has 0 fully saturated rings. The molecule has 1 aromatic carbocycles. The molecule has 0 aliphatic rings. The Bertz CT molecular complexity index is 764. The van der Waals surface area contributed by atoms with Crippen LogP contribution in [0.1, 0.15) is 10.4 Å². The van der Waals surface area contributed by atoms with Gasteiger partial charge in [-0.15, -0.1) is 0 Å². The summed E-state index contributed by atoms with van der Waals surface area (Å²) in [6, 6.07) is 3.48. The van der Waals surface area contributed by atoms with Crippen LogP contribution in [-0.4, -0.2) is 35.6 Å². The summed E-state index contributed by atoms with van der Waals surface area (Å²) in [4.78, 5) is 11.5. The second-order valence-electron chi connectivity index (χ2n) is 5.16. The number of allylic oxidation sites excluding steroid dienone is 2. The normalized spacial score (nSPS) is 15.0. The SMILES string of the molecule is O=C(/C=C(\F)C(F)(F)C(F)(F)C(F)(F)C(F)(F)C(F)(F)F)c1ccc(Cl)cc1. The first-order valence-electron chi connectivity index (χ1n) is 6.56. The molecule has 28 heavy (non-hydrogen) atoms. The Hall–Kier alpha value is -1.92. The highest BCUT2D eigenvalue weighted by Gasteiger charge is 2.87. The van der Waals surface area contributed by atoms with Gasteiger partial charge in [0.25, 0.3) is 0 Å². The van der Waals surface area contributed by atoms with Gasteiger partial charge >= 0.3 is 29.9 Å². The number of rotatable bonds is 6. The molecule has 0 bridgehead atoms. The first-order chi connectivity index (χ1) is 12.3. The zero-order valence-corrected chi connectivity index (χ0v) is 13.5. The molecule has 0 amide bonds. The van der Waals surface area contributed by atoms with Crippen molar-refractivity contribution in [2.75, 3.05) is 0 Å². The summed E-state index contributed by atoms with van der Waals surface area (Å²) in [5, 5.41) is -0.00751. The molecule has 0 aromatic heterocycles. The summed E-state index contributed by atoms with van der Waals surface area (Å²) in [5.41, 5.74) is -0.661. The minimum absolute atomic E-state index is 0.00751. The Morgan fingerprint density at radius 3 is 1.57 bits per heavy atom. The maximum Gasteiger partial charge on any atom is 0.460 e. The van der Waals surface area contributed by atoms with E-state index >= 15 is 0 Å². The number of hydrogen-bond acceptors (Lipinski definition) is 1. The average molecular weight is 453 g/mol. The average Bonchev–Trinajstić information content (AvgIpc) is 2.53. The molecule has 0 N–H and O–H groups in total. The topological polar surface area (TPSA) is 17.1 Å². The maximum absolute atomic E-state index is 13.4. The molecule has 0 radical (unpaired) electrons. The van der Waals surface area contributed by atoms with Crippen LogP contribution in [0.5, 0.6) is 0 Å². The molecule has 158 valence electrons. The van der Waals surface area contributed by atoms with Gasteiger partial charge in [0.15, 0.2) is 11.6 Å². The number of benzene rings is 1. The van der Waals surface area contributed by atoms with Gasteiger partial charge in [0.2, 0.25) is 0 Å². The predicted molar refractivity (Wildman–Crippen MR) is 70.8 cm³/mol. The summed E-state index contributed by atoms with van der Waals surface area (Å²) in [5.74, 6) is -35.3. The number of ketones is 1. The van der Waals surface area contributed by atoms with Crippen LogP contribution in [-0.2, 0) is 0 Å². The molecule has 0 spiro atoms. The fraction of sp³-hybridized carbons (Fsp3) is 0.357. The highest BCUT2D eigenvalue weighted by atomic mass is 35.5. The number of alkyl halides is 11. The predicted octanol–water partition coefficient (Wildman–Crippen LogP) is 6.48. The molecule has 0 saturated heterocycles. The maximum atomic E-state index is 13.4. The summed E-state index contributed by atoms with van der Waals surface area (Å²) in [7, 11) is 0. The fourth-order valence-electron chi connectivity index (χ4n) is 1.63. The van der Waals surface area contributed by atoms with E-state index in [1.54, 1.807) is 0 Å². The summed E-state index contributed by atoms with van der Waals surface area (Å²) >= 11 is 5.42. The summed E-state index contributed by atoms with van der Waals surface area (Å²) in [6.45, 7) is 0. The molecule has 1 nitrogen and oxygen atoms in total. The minimum Gasteiger partial charge on any atom is -0.289 e. The largest absolute Gasteiger partial charge is 0.460 e. The van der Waals surface area contributed by atoms with Crippen LogP contribution in [0.4, 0.5) is 52.7 Å². The van der Waals surface area contributed by atoms with Crippen molar-refractivity contribution in [2.24, 2.45) is 0 Å². The first kappa shape index (κ1) is 24.1. The molecule has 0 aliphatic heterocycles. The van der Waals surface area contributed by atoms with E-state index in [9.17, 15) is 57.5 Å². The van der Waals surface area contributed by atoms with Crippen LogP contribution in [0, 0.1) is 0 Å². The van der Waals surface area contributed by atoms with Crippen LogP contribution in [0.3, 0.4) is 0 Å². The number of carbonyl (C=O) groups excluding carboxylic acids is 1. The van der Waals surface area contributed by atoms with Crippen molar-refractivity contribution < 1.29 is 57.5 Å². The van der Waals surface area contributed by atoms with Crippen LogP contribution >= 0.6 is 11.6 Å². The zero-order chi connectivity index (χ0) is 22.3. The molecule has 0 aliphatic carbocycles. The van der Waals surface area contributed by atoms with Gasteiger partial charge in [-0.25, -0.2) is 4.39 Å². The Labute approximate surface area is 152 Å². The molecule has 0 saturated carbocycles. The van der Waals surface area contributed by atoms with Crippen molar-refractivity contribution in [3.63, 3.8) is 0 Å². The van der Waals surface area contributed by atoms with Gasteiger partial charge in [-0.3, -0.25) is 4.79 Å². The number of halogens is 13. The lowest BCUT2D eigenvalue weighted by Crippen LogP contribution is -2.66. The van der Waals surface area contributed by atoms with Gasteiger partial charge in [-0.05, 0) is 24.3 Å². The van der Waals surface area contributed by atoms with Gasteiger partial charge in [-0.2, -0.15) is 48.3 Å². The highest BCUT2D eigenvalue weighted by molar-refractivity contribution is 6.30. The molecule has 0 heterocycles. The lowest BCUT2D eigenvalue weighted by molar-refractivity contribution is -0.419. The van der Waals surface area contributed by atoms with Crippen molar-refractivity contribution in [3.8, 4) is 0 Å². The smallest absolute Gasteiger partial charge is 0.289 e. The molecule has 0 unspecified atom stereocenters. The second-order valence-corrected chi connectivity index (χ2v) is 5.60. The van der Waals surface area contributed by atoms with E-state index in [1.807, 2.05) is 0 Å². The van der Waals surface area contributed by atoms with E-state index in [0.717, 1.165) is 24.3 Å². The van der Waals surface area contributed by atoms with Crippen molar-refractivity contribution in [1.82, 2.24) is 0 Å². The Morgan fingerprint density at radius 1 is 0.750 bits per heavy atom. The van der Waals surface area contributed by atoms with Crippen molar-refractivity contribution in [2.45, 2.75) is 29.9 Å². The molecule has 14 heteroatoms. The Morgan fingerprint density at radius 2 is 1.18 bits per heavy atom. The van der Waals surface area contributed by atoms with E-state index in [2.05, 4.69) is 0 Å². The number of carbonyl (C=O) groups is 1.